The lowest BCUT2D eigenvalue weighted by molar-refractivity contribution is -0.884. The molecule has 0 aliphatic heterocycles. The highest BCUT2D eigenvalue weighted by molar-refractivity contribution is 7.87. The highest BCUT2D eigenvalue weighted by Gasteiger charge is 2.39. The maximum atomic E-state index is 11.5. The number of carboxylic acids is 1. The molecule has 2 aromatic rings. The van der Waals surface area contributed by atoms with E-state index < -0.39 is 21.3 Å². The quantitative estimate of drug-likeness (QED) is 0.469. The van der Waals surface area contributed by atoms with Crippen LogP contribution in [0.1, 0.15) is 11.1 Å². The summed E-state index contributed by atoms with van der Waals surface area (Å²) in [5.41, 5.74) is 2.81. The van der Waals surface area contributed by atoms with E-state index in [9.17, 15) is 31.7 Å². The standard InChI is InChI=1S/2C10H16N.C2H2F2O5S/c2*1-11(2,3)9-10-7-5-4-6-8-10;3-2(4,1(5)6)10(7,8)9/h2*4-8H,9H2,1-3H3;(H,5,6)(H,7,8,9)/q2*+1;/p-2. The van der Waals surface area contributed by atoms with Crippen LogP contribution in [0.15, 0.2) is 60.7 Å². The largest absolute Gasteiger partial charge is 0.743 e. The van der Waals surface area contributed by atoms with Gasteiger partial charge in [-0.2, -0.15) is 8.78 Å². The van der Waals surface area contributed by atoms with Crippen molar-refractivity contribution in [3.63, 3.8) is 0 Å². The summed E-state index contributed by atoms with van der Waals surface area (Å²) in [6, 6.07) is 21.1. The number of rotatable bonds is 6. The molecule has 0 heterocycles. The zero-order valence-corrected chi connectivity index (χ0v) is 20.1. The summed E-state index contributed by atoms with van der Waals surface area (Å²) in [6.07, 6.45) is 0. The summed E-state index contributed by atoms with van der Waals surface area (Å²) >= 11 is 0. The molecule has 32 heavy (non-hydrogen) atoms. The SMILES string of the molecule is C[N+](C)(C)Cc1ccccc1.C[N+](C)(C)Cc1ccccc1.O=C([O-])C(F)(F)S(=O)(=O)[O-]. The minimum absolute atomic E-state index is 0.990. The van der Waals surface area contributed by atoms with Gasteiger partial charge >= 0.3 is 5.25 Å². The van der Waals surface area contributed by atoms with Gasteiger partial charge in [-0.25, -0.2) is 8.42 Å². The van der Waals surface area contributed by atoms with Gasteiger partial charge in [-0.3, -0.25) is 0 Å². The normalized spacial score (nSPS) is 12.0. The molecular weight excluding hydrogens is 442 g/mol. The van der Waals surface area contributed by atoms with Crippen LogP contribution in [0.3, 0.4) is 0 Å². The Labute approximate surface area is 189 Å². The van der Waals surface area contributed by atoms with Crippen LogP contribution >= 0.6 is 0 Å². The van der Waals surface area contributed by atoms with Crippen LogP contribution < -0.4 is 5.11 Å². The average Bonchev–Trinajstić information content (AvgIpc) is 2.60. The van der Waals surface area contributed by atoms with E-state index >= 15 is 0 Å². The van der Waals surface area contributed by atoms with Gasteiger partial charge in [0.1, 0.15) is 19.1 Å². The summed E-state index contributed by atoms with van der Waals surface area (Å²) in [7, 11) is 7.06. The number of hydrogen-bond donors (Lipinski definition) is 0. The maximum Gasteiger partial charge on any atom is 0.373 e. The average molecular weight is 475 g/mol. The van der Waals surface area contributed by atoms with Gasteiger partial charge in [0.05, 0.1) is 42.3 Å². The fraction of sp³-hybridized carbons (Fsp3) is 0.409. The Hall–Kier alpha value is -2.40. The van der Waals surface area contributed by atoms with Gasteiger partial charge in [-0.05, 0) is 0 Å². The van der Waals surface area contributed by atoms with Gasteiger partial charge in [0.2, 0.25) is 0 Å². The van der Waals surface area contributed by atoms with Crippen molar-refractivity contribution in [1.29, 1.82) is 0 Å². The third-order valence-electron chi connectivity index (χ3n) is 3.55. The number of benzene rings is 2. The van der Waals surface area contributed by atoms with Crippen LogP contribution in [-0.2, 0) is 28.0 Å². The second kappa shape index (κ2) is 12.0. The molecule has 0 aliphatic rings. The minimum Gasteiger partial charge on any atom is -0.743 e. The van der Waals surface area contributed by atoms with Gasteiger partial charge < -0.3 is 23.4 Å². The maximum absolute atomic E-state index is 11.5. The molecule has 2 rings (SSSR count). The molecule has 10 heteroatoms. The molecule has 0 saturated carbocycles. The van der Waals surface area contributed by atoms with Crippen molar-refractivity contribution in [2.45, 2.75) is 18.3 Å². The fourth-order valence-electron chi connectivity index (χ4n) is 2.36. The van der Waals surface area contributed by atoms with Crippen molar-refractivity contribution >= 4 is 16.1 Å². The Morgan fingerprint density at radius 1 is 0.781 bits per heavy atom. The molecule has 0 fully saturated rings. The molecule has 0 saturated heterocycles. The number of halogens is 2. The molecule has 0 amide bonds. The van der Waals surface area contributed by atoms with Crippen LogP contribution in [0.5, 0.6) is 0 Å². The Morgan fingerprint density at radius 3 is 1.22 bits per heavy atom. The van der Waals surface area contributed by atoms with Crippen molar-refractivity contribution in [3.05, 3.63) is 71.8 Å². The molecule has 0 aliphatic carbocycles. The number of carbonyl (C=O) groups is 1. The highest BCUT2D eigenvalue weighted by Crippen LogP contribution is 2.18. The molecule has 0 unspecified atom stereocenters. The predicted molar refractivity (Wildman–Crippen MR) is 116 cm³/mol. The third kappa shape index (κ3) is 13.1. The van der Waals surface area contributed by atoms with E-state index in [1.807, 2.05) is 0 Å². The van der Waals surface area contributed by atoms with E-state index in [1.165, 1.54) is 11.1 Å². The number of carboxylic acid groups (broad SMARTS) is 1. The molecular formula is C22H32F2N2O5S. The first kappa shape index (κ1) is 29.6. The highest BCUT2D eigenvalue weighted by atomic mass is 32.2. The molecule has 0 N–H and O–H groups in total. The molecule has 7 nitrogen and oxygen atoms in total. The van der Waals surface area contributed by atoms with Crippen molar-refractivity contribution in [2.75, 3.05) is 42.3 Å². The van der Waals surface area contributed by atoms with Gasteiger partial charge in [0, 0.05) is 11.1 Å². The second-order valence-electron chi connectivity index (χ2n) is 9.13. The monoisotopic (exact) mass is 474 g/mol. The Morgan fingerprint density at radius 2 is 1.06 bits per heavy atom. The van der Waals surface area contributed by atoms with E-state index in [1.54, 1.807) is 0 Å². The molecule has 180 valence electrons. The van der Waals surface area contributed by atoms with Crippen LogP contribution in [0.25, 0.3) is 0 Å². The number of aliphatic carboxylic acids is 1. The van der Waals surface area contributed by atoms with E-state index in [0.717, 1.165) is 22.1 Å². The minimum atomic E-state index is -6.15. The summed E-state index contributed by atoms with van der Waals surface area (Å²) in [6.45, 7) is 2.20. The predicted octanol–water partition coefficient (Wildman–Crippen LogP) is 1.66. The van der Waals surface area contributed by atoms with Gasteiger partial charge in [0.25, 0.3) is 0 Å². The molecule has 0 bridgehead atoms. The first-order valence-corrected chi connectivity index (χ1v) is 11.0. The van der Waals surface area contributed by atoms with Crippen molar-refractivity contribution < 1.29 is 40.6 Å². The van der Waals surface area contributed by atoms with Crippen LogP contribution in [-0.4, -0.2) is 75.4 Å². The smallest absolute Gasteiger partial charge is 0.373 e. The third-order valence-corrected chi connectivity index (χ3v) is 4.35. The zero-order chi connectivity index (χ0) is 25.2. The van der Waals surface area contributed by atoms with Gasteiger partial charge in [-0.1, -0.05) is 60.7 Å². The molecule has 0 aromatic heterocycles. The molecule has 0 atom stereocenters. The molecule has 2 aromatic carbocycles. The van der Waals surface area contributed by atoms with Crippen molar-refractivity contribution in [2.24, 2.45) is 0 Å². The van der Waals surface area contributed by atoms with Crippen molar-refractivity contribution in [3.8, 4) is 0 Å². The van der Waals surface area contributed by atoms with Crippen molar-refractivity contribution in [1.82, 2.24) is 0 Å². The number of quaternary nitrogens is 2. The Bertz CT molecular complexity index is 873. The van der Waals surface area contributed by atoms with E-state index in [0.29, 0.717) is 0 Å². The number of carbonyl (C=O) groups excluding carboxylic acids is 1. The molecule has 0 spiro atoms. The lowest BCUT2D eigenvalue weighted by Crippen LogP contribution is -2.47. The summed E-state index contributed by atoms with van der Waals surface area (Å²) in [4.78, 5) is 9.23. The summed E-state index contributed by atoms with van der Waals surface area (Å²) in [5.74, 6) is -3.22. The lowest BCUT2D eigenvalue weighted by atomic mass is 10.2. The number of nitrogens with zero attached hydrogens (tertiary/aromatic N) is 2. The van der Waals surface area contributed by atoms with Crippen LogP contribution in [0, 0.1) is 0 Å². The fourth-order valence-corrected chi connectivity index (χ4v) is 2.57. The van der Waals surface area contributed by atoms with E-state index in [-0.39, 0.29) is 0 Å². The lowest BCUT2D eigenvalue weighted by Gasteiger charge is -2.23. The Kier molecular flexibility index (Phi) is 11.1. The number of alkyl halides is 2. The summed E-state index contributed by atoms with van der Waals surface area (Å²) < 4.78 is 53.1. The zero-order valence-electron chi connectivity index (χ0n) is 19.3. The van der Waals surface area contributed by atoms with E-state index in [4.69, 9.17) is 0 Å². The van der Waals surface area contributed by atoms with Gasteiger partial charge in [0.15, 0.2) is 10.1 Å². The van der Waals surface area contributed by atoms with Crippen LogP contribution in [0.4, 0.5) is 8.78 Å². The number of hydrogen-bond acceptors (Lipinski definition) is 5. The van der Waals surface area contributed by atoms with Gasteiger partial charge in [-0.15, -0.1) is 0 Å². The van der Waals surface area contributed by atoms with Crippen LogP contribution in [0.2, 0.25) is 0 Å². The Balaban J connectivity index is 0.000000452. The molecule has 0 radical (unpaired) electrons. The first-order valence-electron chi connectivity index (χ1n) is 9.58. The second-order valence-corrected chi connectivity index (χ2v) is 10.5. The topological polar surface area (TPSA) is 97.3 Å². The first-order chi connectivity index (χ1) is 14.3. The van der Waals surface area contributed by atoms with E-state index in [2.05, 4.69) is 103 Å². The summed E-state index contributed by atoms with van der Waals surface area (Å²) in [5, 5.41) is 3.89.